The van der Waals surface area contributed by atoms with Crippen molar-refractivity contribution >= 4 is 5.91 Å². The van der Waals surface area contributed by atoms with Crippen LogP contribution < -0.4 is 0 Å². The lowest BCUT2D eigenvalue weighted by atomic mass is 10.00. The van der Waals surface area contributed by atoms with Crippen molar-refractivity contribution in [2.45, 2.75) is 51.1 Å². The highest BCUT2D eigenvalue weighted by atomic mass is 16.2. The number of nitrogens with zero attached hydrogens (tertiary/aromatic N) is 2. The van der Waals surface area contributed by atoms with E-state index in [-0.39, 0.29) is 6.04 Å². The van der Waals surface area contributed by atoms with Crippen LogP contribution in [0.2, 0.25) is 0 Å². The molecule has 3 rings (SSSR count). The third-order valence-electron chi connectivity index (χ3n) is 4.94. The maximum atomic E-state index is 13.1. The van der Waals surface area contributed by atoms with Crippen molar-refractivity contribution in [3.8, 4) is 0 Å². The summed E-state index contributed by atoms with van der Waals surface area (Å²) in [4.78, 5) is 17.6. The summed E-state index contributed by atoms with van der Waals surface area (Å²) < 4.78 is 0. The number of hydrogen-bond donors (Lipinski definition) is 0. The Balaban J connectivity index is 1.86. The molecule has 21 heavy (non-hydrogen) atoms. The van der Waals surface area contributed by atoms with Gasteiger partial charge in [0.1, 0.15) is 6.04 Å². The number of carbonyl (C=O) groups excluding carboxylic acids is 1. The number of likely N-dealkylation sites (tertiary alicyclic amines) is 2. The van der Waals surface area contributed by atoms with Crippen molar-refractivity contribution in [3.63, 3.8) is 0 Å². The van der Waals surface area contributed by atoms with E-state index in [9.17, 15) is 4.79 Å². The van der Waals surface area contributed by atoms with E-state index in [2.05, 4.69) is 28.9 Å². The third-order valence-corrected chi connectivity index (χ3v) is 4.94. The molecule has 2 atom stereocenters. The van der Waals surface area contributed by atoms with Crippen LogP contribution in [0, 0.1) is 0 Å². The first-order valence-corrected chi connectivity index (χ1v) is 8.37. The van der Waals surface area contributed by atoms with E-state index < -0.39 is 0 Å². The molecule has 2 aliphatic heterocycles. The second-order valence-corrected chi connectivity index (χ2v) is 6.43. The number of benzene rings is 1. The molecule has 114 valence electrons. The molecule has 0 bridgehead atoms. The molecule has 2 saturated heterocycles. The summed E-state index contributed by atoms with van der Waals surface area (Å²) in [6, 6.07) is 10.7. The zero-order valence-electron chi connectivity index (χ0n) is 13.0. The van der Waals surface area contributed by atoms with Crippen LogP contribution in [-0.2, 0) is 4.79 Å². The molecule has 2 heterocycles. The maximum Gasteiger partial charge on any atom is 0.244 e. The predicted octanol–water partition coefficient (Wildman–Crippen LogP) is 3.22. The van der Waals surface area contributed by atoms with Crippen molar-refractivity contribution in [1.29, 1.82) is 0 Å². The largest absolute Gasteiger partial charge is 0.338 e. The molecule has 1 unspecified atom stereocenters. The van der Waals surface area contributed by atoms with Gasteiger partial charge in [0.15, 0.2) is 0 Å². The normalized spacial score (nSPS) is 25.0. The summed E-state index contributed by atoms with van der Waals surface area (Å²) in [5.74, 6) is 0.313. The number of amides is 1. The fraction of sp³-hybridized carbons (Fsp3) is 0.611. The van der Waals surface area contributed by atoms with Crippen LogP contribution in [0.15, 0.2) is 30.3 Å². The number of piperidine rings is 1. The van der Waals surface area contributed by atoms with E-state index in [1.165, 1.54) is 19.3 Å². The van der Waals surface area contributed by atoms with E-state index in [1.807, 2.05) is 18.2 Å². The SMILES string of the molecule is C[C@H]1CCCN1C(=O)C(c1ccccc1)N1CCCCC1. The average Bonchev–Trinajstić information content (AvgIpc) is 2.96. The fourth-order valence-electron chi connectivity index (χ4n) is 3.74. The van der Waals surface area contributed by atoms with Gasteiger partial charge in [0.2, 0.25) is 5.91 Å². The Kier molecular flexibility index (Phi) is 4.59. The van der Waals surface area contributed by atoms with Crippen molar-refractivity contribution in [3.05, 3.63) is 35.9 Å². The monoisotopic (exact) mass is 286 g/mol. The van der Waals surface area contributed by atoms with E-state index in [0.29, 0.717) is 11.9 Å². The van der Waals surface area contributed by atoms with E-state index in [4.69, 9.17) is 0 Å². The molecule has 0 radical (unpaired) electrons. The molecule has 1 aromatic rings. The molecule has 1 aromatic carbocycles. The number of carbonyl (C=O) groups is 1. The number of hydrogen-bond acceptors (Lipinski definition) is 2. The molecular weight excluding hydrogens is 260 g/mol. The van der Waals surface area contributed by atoms with Crippen LogP contribution >= 0.6 is 0 Å². The molecule has 3 heteroatoms. The first kappa shape index (κ1) is 14.6. The first-order chi connectivity index (χ1) is 10.3. The molecule has 0 aromatic heterocycles. The van der Waals surface area contributed by atoms with Crippen molar-refractivity contribution < 1.29 is 4.79 Å². The second-order valence-electron chi connectivity index (χ2n) is 6.43. The molecular formula is C18H26N2O. The van der Waals surface area contributed by atoms with Gasteiger partial charge in [-0.15, -0.1) is 0 Å². The highest BCUT2D eigenvalue weighted by molar-refractivity contribution is 5.83. The van der Waals surface area contributed by atoms with E-state index >= 15 is 0 Å². The summed E-state index contributed by atoms with van der Waals surface area (Å²) in [6.07, 6.45) is 6.02. The average molecular weight is 286 g/mol. The van der Waals surface area contributed by atoms with Gasteiger partial charge in [-0.3, -0.25) is 9.69 Å². The molecule has 2 fully saturated rings. The van der Waals surface area contributed by atoms with Gasteiger partial charge in [-0.1, -0.05) is 36.8 Å². The molecule has 0 saturated carbocycles. The molecule has 2 aliphatic rings. The van der Waals surface area contributed by atoms with Gasteiger partial charge in [-0.05, 0) is 51.3 Å². The van der Waals surface area contributed by atoms with Gasteiger partial charge in [-0.25, -0.2) is 0 Å². The Bertz CT molecular complexity index is 467. The lowest BCUT2D eigenvalue weighted by molar-refractivity contribution is -0.138. The fourth-order valence-corrected chi connectivity index (χ4v) is 3.74. The Hall–Kier alpha value is -1.35. The van der Waals surface area contributed by atoms with Crippen LogP contribution in [0.3, 0.4) is 0 Å². The Morgan fingerprint density at radius 2 is 1.76 bits per heavy atom. The van der Waals surface area contributed by atoms with Crippen molar-refractivity contribution in [2.24, 2.45) is 0 Å². The van der Waals surface area contributed by atoms with Gasteiger partial charge in [0.25, 0.3) is 0 Å². The first-order valence-electron chi connectivity index (χ1n) is 8.37. The molecule has 0 N–H and O–H groups in total. The second kappa shape index (κ2) is 6.61. The van der Waals surface area contributed by atoms with Crippen LogP contribution in [-0.4, -0.2) is 41.4 Å². The summed E-state index contributed by atoms with van der Waals surface area (Å²) in [7, 11) is 0. The minimum Gasteiger partial charge on any atom is -0.338 e. The highest BCUT2D eigenvalue weighted by Crippen LogP contribution is 2.29. The summed E-state index contributed by atoms with van der Waals surface area (Å²) in [5.41, 5.74) is 1.16. The van der Waals surface area contributed by atoms with Gasteiger partial charge < -0.3 is 4.90 Å². The maximum absolute atomic E-state index is 13.1. The van der Waals surface area contributed by atoms with Gasteiger partial charge in [-0.2, -0.15) is 0 Å². The van der Waals surface area contributed by atoms with Gasteiger partial charge >= 0.3 is 0 Å². The smallest absolute Gasteiger partial charge is 0.244 e. The Labute approximate surface area is 127 Å². The van der Waals surface area contributed by atoms with Crippen LogP contribution in [0.5, 0.6) is 0 Å². The molecule has 3 nitrogen and oxygen atoms in total. The summed E-state index contributed by atoms with van der Waals surface area (Å²) >= 11 is 0. The molecule has 0 spiro atoms. The van der Waals surface area contributed by atoms with Crippen molar-refractivity contribution in [1.82, 2.24) is 9.80 Å². The lowest BCUT2D eigenvalue weighted by Crippen LogP contribution is -2.45. The summed E-state index contributed by atoms with van der Waals surface area (Å²) in [5, 5.41) is 0. The Morgan fingerprint density at radius 3 is 2.38 bits per heavy atom. The quantitative estimate of drug-likeness (QED) is 0.852. The Morgan fingerprint density at radius 1 is 1.05 bits per heavy atom. The van der Waals surface area contributed by atoms with Crippen LogP contribution in [0.25, 0.3) is 0 Å². The van der Waals surface area contributed by atoms with E-state index in [1.54, 1.807) is 0 Å². The third kappa shape index (κ3) is 3.13. The molecule has 1 amide bonds. The van der Waals surface area contributed by atoms with Crippen molar-refractivity contribution in [2.75, 3.05) is 19.6 Å². The van der Waals surface area contributed by atoms with Crippen LogP contribution in [0.1, 0.15) is 50.6 Å². The highest BCUT2D eigenvalue weighted by Gasteiger charge is 2.35. The number of rotatable bonds is 3. The van der Waals surface area contributed by atoms with Gasteiger partial charge in [0, 0.05) is 12.6 Å². The topological polar surface area (TPSA) is 23.6 Å². The standard InChI is InChI=1S/C18H26N2O/c1-15-9-8-14-20(15)18(21)17(16-10-4-2-5-11-16)19-12-6-3-7-13-19/h2,4-5,10-11,15,17H,3,6-9,12-14H2,1H3/t15-,17?/m0/s1. The zero-order valence-corrected chi connectivity index (χ0v) is 13.0. The van der Waals surface area contributed by atoms with E-state index in [0.717, 1.165) is 38.0 Å². The minimum atomic E-state index is -0.0768. The predicted molar refractivity (Wildman–Crippen MR) is 85.0 cm³/mol. The lowest BCUT2D eigenvalue weighted by Gasteiger charge is -2.37. The van der Waals surface area contributed by atoms with Gasteiger partial charge in [0.05, 0.1) is 0 Å². The van der Waals surface area contributed by atoms with Crippen LogP contribution in [0.4, 0.5) is 0 Å². The zero-order chi connectivity index (χ0) is 14.7. The summed E-state index contributed by atoms with van der Waals surface area (Å²) in [6.45, 7) is 5.21. The minimum absolute atomic E-state index is 0.0768. The molecule has 0 aliphatic carbocycles.